The molecule has 1 aliphatic heterocycles. The van der Waals surface area contributed by atoms with Crippen molar-refractivity contribution in [2.24, 2.45) is 11.8 Å². The molecule has 1 aromatic carbocycles. The summed E-state index contributed by atoms with van der Waals surface area (Å²) in [6, 6.07) is 9.14. The molecule has 114 valence electrons. The minimum absolute atomic E-state index is 0.0814. The van der Waals surface area contributed by atoms with E-state index in [2.05, 4.69) is 0 Å². The van der Waals surface area contributed by atoms with E-state index in [1.807, 2.05) is 44.2 Å². The molecule has 0 saturated carbocycles. The topological polar surface area (TPSA) is 66.8 Å². The number of amides is 1. The molecule has 0 aliphatic carbocycles. The lowest BCUT2D eigenvalue weighted by Crippen LogP contribution is -2.43. The van der Waals surface area contributed by atoms with Gasteiger partial charge in [-0.2, -0.15) is 0 Å². The van der Waals surface area contributed by atoms with Crippen LogP contribution in [-0.4, -0.2) is 34.7 Å². The van der Waals surface area contributed by atoms with Crippen LogP contribution in [0.25, 0.3) is 0 Å². The van der Waals surface area contributed by atoms with E-state index in [0.717, 1.165) is 5.56 Å². The smallest absolute Gasteiger partial charge is 0.410 e. The van der Waals surface area contributed by atoms with Gasteiger partial charge in [-0.1, -0.05) is 44.2 Å². The molecule has 0 radical (unpaired) electrons. The molecular formula is C16H21NO4. The zero-order valence-electron chi connectivity index (χ0n) is 12.4. The Kier molecular flexibility index (Phi) is 4.83. The van der Waals surface area contributed by atoms with Gasteiger partial charge in [0.05, 0.1) is 12.0 Å². The maximum absolute atomic E-state index is 12.2. The van der Waals surface area contributed by atoms with Crippen molar-refractivity contribution in [2.45, 2.75) is 32.9 Å². The fraction of sp³-hybridized carbons (Fsp3) is 0.500. The van der Waals surface area contributed by atoms with Crippen LogP contribution in [0.3, 0.4) is 0 Å². The zero-order chi connectivity index (χ0) is 15.4. The van der Waals surface area contributed by atoms with Crippen LogP contribution in [0.15, 0.2) is 30.3 Å². The SMILES string of the molecule is CC(C)[C@@H]1[C@H](C(=O)O)CCN1C(=O)OCc1ccccc1. The summed E-state index contributed by atoms with van der Waals surface area (Å²) in [4.78, 5) is 25.1. The molecule has 0 unspecified atom stereocenters. The highest BCUT2D eigenvalue weighted by atomic mass is 16.6. The minimum Gasteiger partial charge on any atom is -0.481 e. The molecule has 21 heavy (non-hydrogen) atoms. The van der Waals surface area contributed by atoms with Crippen molar-refractivity contribution in [3.8, 4) is 0 Å². The second kappa shape index (κ2) is 6.61. The zero-order valence-corrected chi connectivity index (χ0v) is 12.4. The first-order chi connectivity index (χ1) is 10.0. The number of carbonyl (C=O) groups excluding carboxylic acids is 1. The van der Waals surface area contributed by atoms with Crippen LogP contribution in [0, 0.1) is 11.8 Å². The van der Waals surface area contributed by atoms with Crippen molar-refractivity contribution in [2.75, 3.05) is 6.54 Å². The number of likely N-dealkylation sites (tertiary alicyclic amines) is 1. The van der Waals surface area contributed by atoms with Gasteiger partial charge in [0.15, 0.2) is 0 Å². The fourth-order valence-electron chi connectivity index (χ4n) is 2.92. The summed E-state index contributed by atoms with van der Waals surface area (Å²) in [6.07, 6.45) is 0.0554. The van der Waals surface area contributed by atoms with Crippen LogP contribution in [-0.2, 0) is 16.1 Å². The molecule has 1 fully saturated rings. The van der Waals surface area contributed by atoms with E-state index in [-0.39, 0.29) is 18.6 Å². The molecule has 1 amide bonds. The first kappa shape index (κ1) is 15.4. The third kappa shape index (κ3) is 3.54. The summed E-state index contributed by atoms with van der Waals surface area (Å²) in [5.74, 6) is -1.26. The van der Waals surface area contributed by atoms with Crippen molar-refractivity contribution in [1.29, 1.82) is 0 Å². The van der Waals surface area contributed by atoms with E-state index in [1.165, 1.54) is 0 Å². The second-order valence-corrected chi connectivity index (χ2v) is 5.70. The van der Waals surface area contributed by atoms with Crippen LogP contribution in [0.5, 0.6) is 0 Å². The molecule has 1 aliphatic rings. The average Bonchev–Trinajstić information content (AvgIpc) is 2.91. The molecule has 1 aromatic rings. The Bertz CT molecular complexity index is 500. The van der Waals surface area contributed by atoms with Crippen molar-refractivity contribution in [3.63, 3.8) is 0 Å². The van der Waals surface area contributed by atoms with Gasteiger partial charge in [-0.05, 0) is 17.9 Å². The van der Waals surface area contributed by atoms with Crippen molar-refractivity contribution in [1.82, 2.24) is 4.90 Å². The van der Waals surface area contributed by atoms with E-state index in [9.17, 15) is 14.7 Å². The lowest BCUT2D eigenvalue weighted by Gasteiger charge is -2.29. The second-order valence-electron chi connectivity index (χ2n) is 5.70. The maximum Gasteiger partial charge on any atom is 0.410 e. The van der Waals surface area contributed by atoms with Crippen molar-refractivity contribution in [3.05, 3.63) is 35.9 Å². The van der Waals surface area contributed by atoms with Gasteiger partial charge in [0.1, 0.15) is 6.61 Å². The summed E-state index contributed by atoms with van der Waals surface area (Å²) in [7, 11) is 0. The van der Waals surface area contributed by atoms with Gasteiger partial charge in [-0.15, -0.1) is 0 Å². The van der Waals surface area contributed by atoms with Crippen molar-refractivity contribution >= 4 is 12.1 Å². The molecular weight excluding hydrogens is 270 g/mol. The summed E-state index contributed by atoms with van der Waals surface area (Å²) < 4.78 is 5.31. The highest BCUT2D eigenvalue weighted by Crippen LogP contribution is 2.30. The third-order valence-corrected chi connectivity index (χ3v) is 3.89. The maximum atomic E-state index is 12.2. The Morgan fingerprint density at radius 2 is 2.00 bits per heavy atom. The standard InChI is InChI=1S/C16H21NO4/c1-11(2)14-13(15(18)19)8-9-17(14)16(20)21-10-12-6-4-3-5-7-12/h3-7,11,13-14H,8-10H2,1-2H3,(H,18,19)/t13-,14-/m1/s1. The summed E-state index contributed by atoms with van der Waals surface area (Å²) in [5.41, 5.74) is 0.918. The number of rotatable bonds is 4. The molecule has 1 saturated heterocycles. The number of aliphatic carboxylic acids is 1. The third-order valence-electron chi connectivity index (χ3n) is 3.89. The lowest BCUT2D eigenvalue weighted by molar-refractivity contribution is -0.142. The number of hydrogen-bond donors (Lipinski definition) is 1. The van der Waals surface area contributed by atoms with Crippen LogP contribution in [0.4, 0.5) is 4.79 Å². The van der Waals surface area contributed by atoms with Gasteiger partial charge in [0.25, 0.3) is 0 Å². The molecule has 5 heteroatoms. The predicted octanol–water partition coefficient (Wildman–Crippen LogP) is 2.75. The summed E-state index contributed by atoms with van der Waals surface area (Å²) in [5, 5.41) is 9.26. The molecule has 0 bridgehead atoms. The molecule has 1 N–H and O–H groups in total. The Morgan fingerprint density at radius 1 is 1.33 bits per heavy atom. The first-order valence-corrected chi connectivity index (χ1v) is 7.21. The summed E-state index contributed by atoms with van der Waals surface area (Å²) in [6.45, 7) is 4.51. The van der Waals surface area contributed by atoms with Gasteiger partial charge < -0.3 is 14.7 Å². The van der Waals surface area contributed by atoms with Crippen LogP contribution >= 0.6 is 0 Å². The van der Waals surface area contributed by atoms with E-state index in [0.29, 0.717) is 13.0 Å². The van der Waals surface area contributed by atoms with E-state index in [4.69, 9.17) is 4.74 Å². The van der Waals surface area contributed by atoms with Crippen molar-refractivity contribution < 1.29 is 19.4 Å². The van der Waals surface area contributed by atoms with E-state index >= 15 is 0 Å². The molecule has 0 spiro atoms. The van der Waals surface area contributed by atoms with Gasteiger partial charge in [0.2, 0.25) is 0 Å². The Balaban J connectivity index is 1.99. The van der Waals surface area contributed by atoms with E-state index < -0.39 is 18.0 Å². The Labute approximate surface area is 124 Å². The normalized spacial score (nSPS) is 21.6. The number of carboxylic acids is 1. The molecule has 0 aromatic heterocycles. The largest absolute Gasteiger partial charge is 0.481 e. The number of hydrogen-bond acceptors (Lipinski definition) is 3. The number of benzene rings is 1. The van der Waals surface area contributed by atoms with Crippen LogP contribution < -0.4 is 0 Å². The molecule has 5 nitrogen and oxygen atoms in total. The molecule has 2 rings (SSSR count). The highest BCUT2D eigenvalue weighted by molar-refractivity contribution is 5.75. The quantitative estimate of drug-likeness (QED) is 0.926. The van der Waals surface area contributed by atoms with Crippen LogP contribution in [0.1, 0.15) is 25.8 Å². The number of carbonyl (C=O) groups is 2. The summed E-state index contributed by atoms with van der Waals surface area (Å²) >= 11 is 0. The highest BCUT2D eigenvalue weighted by Gasteiger charge is 2.43. The predicted molar refractivity (Wildman–Crippen MR) is 77.7 cm³/mol. The number of ether oxygens (including phenoxy) is 1. The van der Waals surface area contributed by atoms with Crippen LogP contribution in [0.2, 0.25) is 0 Å². The van der Waals surface area contributed by atoms with Gasteiger partial charge in [0, 0.05) is 6.54 Å². The van der Waals surface area contributed by atoms with Gasteiger partial charge in [-0.25, -0.2) is 4.79 Å². The number of nitrogens with zero attached hydrogens (tertiary/aromatic N) is 1. The minimum atomic E-state index is -0.841. The van der Waals surface area contributed by atoms with Gasteiger partial charge in [-0.3, -0.25) is 4.79 Å². The first-order valence-electron chi connectivity index (χ1n) is 7.21. The Morgan fingerprint density at radius 3 is 2.57 bits per heavy atom. The molecule has 2 atom stereocenters. The number of carboxylic acid groups (broad SMARTS) is 1. The average molecular weight is 291 g/mol. The molecule has 1 heterocycles. The van der Waals surface area contributed by atoms with Gasteiger partial charge >= 0.3 is 12.1 Å². The Hall–Kier alpha value is -2.04. The monoisotopic (exact) mass is 291 g/mol. The lowest BCUT2D eigenvalue weighted by atomic mass is 9.91. The fourth-order valence-corrected chi connectivity index (χ4v) is 2.92. The van der Waals surface area contributed by atoms with E-state index in [1.54, 1.807) is 4.90 Å².